The molecule has 0 radical (unpaired) electrons. The summed E-state index contributed by atoms with van der Waals surface area (Å²) in [7, 11) is 0. The molecule has 6 heteroatoms. The number of nitrogens with zero attached hydrogens (tertiary/aromatic N) is 2. The van der Waals surface area contributed by atoms with Gasteiger partial charge in [-0.3, -0.25) is 4.90 Å². The van der Waals surface area contributed by atoms with E-state index in [-0.39, 0.29) is 12.5 Å². The fourth-order valence-corrected chi connectivity index (χ4v) is 2.89. The molecule has 2 atom stereocenters. The van der Waals surface area contributed by atoms with Crippen LogP contribution in [0.25, 0.3) is 0 Å². The maximum Gasteiger partial charge on any atom is 0.327 e. The van der Waals surface area contributed by atoms with Crippen LogP contribution < -0.4 is 5.32 Å². The van der Waals surface area contributed by atoms with E-state index in [1.165, 1.54) is 12.8 Å². The summed E-state index contributed by atoms with van der Waals surface area (Å²) in [5.74, 6) is 1.19. The minimum absolute atomic E-state index is 0.00443. The number of carboxylic acids is 1. The van der Waals surface area contributed by atoms with Crippen LogP contribution in [0.4, 0.5) is 4.79 Å². The van der Waals surface area contributed by atoms with Gasteiger partial charge in [0.2, 0.25) is 0 Å². The Morgan fingerprint density at radius 3 is 2.65 bits per heavy atom. The molecule has 0 aliphatic carbocycles. The van der Waals surface area contributed by atoms with Crippen LogP contribution in [0, 0.1) is 12.3 Å². The molecule has 0 spiro atoms. The van der Waals surface area contributed by atoms with Crippen molar-refractivity contribution in [1.82, 2.24) is 15.1 Å². The Balaban J connectivity index is 1.84. The van der Waals surface area contributed by atoms with Gasteiger partial charge in [0.05, 0.1) is 0 Å². The quantitative estimate of drug-likeness (QED) is 0.728. The number of carbonyl (C=O) groups excluding carboxylic acids is 1. The summed E-state index contributed by atoms with van der Waals surface area (Å²) in [6.07, 6.45) is 8.54. The number of rotatable bonds is 4. The van der Waals surface area contributed by atoms with Gasteiger partial charge in [0.1, 0.15) is 6.04 Å². The third kappa shape index (κ3) is 3.42. The topological polar surface area (TPSA) is 72.9 Å². The predicted molar refractivity (Wildman–Crippen MR) is 74.2 cm³/mol. The molecule has 6 nitrogen and oxygen atoms in total. The smallest absolute Gasteiger partial charge is 0.327 e. The van der Waals surface area contributed by atoms with E-state index in [1.54, 1.807) is 4.90 Å². The monoisotopic (exact) mass is 279 g/mol. The van der Waals surface area contributed by atoms with Crippen molar-refractivity contribution < 1.29 is 14.7 Å². The molecule has 2 aliphatic heterocycles. The predicted octanol–water partition coefficient (Wildman–Crippen LogP) is 0.343. The zero-order valence-electron chi connectivity index (χ0n) is 11.5. The van der Waals surface area contributed by atoms with Crippen molar-refractivity contribution in [1.29, 1.82) is 0 Å². The number of nitrogens with one attached hydrogen (secondary N) is 1. The van der Waals surface area contributed by atoms with Gasteiger partial charge in [0.25, 0.3) is 0 Å². The highest BCUT2D eigenvalue weighted by molar-refractivity contribution is 5.83. The van der Waals surface area contributed by atoms with Crippen LogP contribution in [0.2, 0.25) is 0 Å². The number of hydrogen-bond acceptors (Lipinski definition) is 3. The molecule has 110 valence electrons. The summed E-state index contributed by atoms with van der Waals surface area (Å²) >= 11 is 0. The summed E-state index contributed by atoms with van der Waals surface area (Å²) < 4.78 is 0. The van der Waals surface area contributed by atoms with Gasteiger partial charge in [0.15, 0.2) is 0 Å². The second-order valence-electron chi connectivity index (χ2n) is 5.38. The Labute approximate surface area is 119 Å². The molecule has 0 aromatic rings. The van der Waals surface area contributed by atoms with Gasteiger partial charge in [-0.25, -0.2) is 9.59 Å². The van der Waals surface area contributed by atoms with Crippen LogP contribution in [-0.4, -0.2) is 65.2 Å². The van der Waals surface area contributed by atoms with Gasteiger partial charge in [0, 0.05) is 25.6 Å². The summed E-state index contributed by atoms with van der Waals surface area (Å²) in [5, 5.41) is 11.5. The largest absolute Gasteiger partial charge is 0.480 e. The molecule has 2 saturated heterocycles. The van der Waals surface area contributed by atoms with Gasteiger partial charge >= 0.3 is 12.0 Å². The van der Waals surface area contributed by atoms with Crippen LogP contribution in [-0.2, 0) is 4.79 Å². The first-order valence-corrected chi connectivity index (χ1v) is 7.07. The van der Waals surface area contributed by atoms with Gasteiger partial charge in [-0.15, -0.1) is 12.3 Å². The lowest BCUT2D eigenvalue weighted by Crippen LogP contribution is -2.48. The third-order valence-corrected chi connectivity index (χ3v) is 4.03. The molecule has 0 saturated carbocycles. The minimum Gasteiger partial charge on any atom is -0.480 e. The molecule has 2 fully saturated rings. The minimum atomic E-state index is -1.09. The standard InChI is InChI=1S/C14H21N3O3/c1-2-5-12(13(18)19)15-14(20)17-9-6-11(10-17)16-7-3-4-8-16/h1,11-12H,3-10H2,(H,15,20)(H,18,19). The summed E-state index contributed by atoms with van der Waals surface area (Å²) in [5.41, 5.74) is 0. The highest BCUT2D eigenvalue weighted by Gasteiger charge is 2.32. The summed E-state index contributed by atoms with van der Waals surface area (Å²) in [4.78, 5) is 27.1. The number of aliphatic carboxylic acids is 1. The number of carbonyl (C=O) groups is 2. The lowest BCUT2D eigenvalue weighted by atomic mass is 10.2. The van der Waals surface area contributed by atoms with Crippen LogP contribution in [0.3, 0.4) is 0 Å². The van der Waals surface area contributed by atoms with Gasteiger partial charge in [-0.1, -0.05) is 0 Å². The van der Waals surface area contributed by atoms with E-state index >= 15 is 0 Å². The van der Waals surface area contributed by atoms with Crippen molar-refractivity contribution in [3.63, 3.8) is 0 Å². The van der Waals surface area contributed by atoms with Crippen molar-refractivity contribution in [2.24, 2.45) is 0 Å². The van der Waals surface area contributed by atoms with Gasteiger partial charge in [-0.2, -0.15) is 0 Å². The highest BCUT2D eigenvalue weighted by atomic mass is 16.4. The van der Waals surface area contributed by atoms with E-state index in [2.05, 4.69) is 16.1 Å². The molecule has 2 unspecified atom stereocenters. The van der Waals surface area contributed by atoms with Gasteiger partial charge in [-0.05, 0) is 32.4 Å². The van der Waals surface area contributed by atoms with Crippen molar-refractivity contribution in [2.75, 3.05) is 26.2 Å². The van der Waals surface area contributed by atoms with Crippen LogP contribution in [0.5, 0.6) is 0 Å². The number of urea groups is 1. The Kier molecular flexibility index (Phi) is 4.85. The molecule has 20 heavy (non-hydrogen) atoms. The molecule has 2 N–H and O–H groups in total. The van der Waals surface area contributed by atoms with E-state index < -0.39 is 12.0 Å². The second-order valence-corrected chi connectivity index (χ2v) is 5.38. The number of carboxylic acid groups (broad SMARTS) is 1. The maximum atomic E-state index is 12.1. The lowest BCUT2D eigenvalue weighted by molar-refractivity contribution is -0.139. The summed E-state index contributed by atoms with van der Waals surface area (Å²) in [6, 6.07) is -0.910. The Morgan fingerprint density at radius 1 is 1.35 bits per heavy atom. The number of likely N-dealkylation sites (tertiary alicyclic amines) is 2. The molecular formula is C14H21N3O3. The molecule has 2 heterocycles. The fraction of sp³-hybridized carbons (Fsp3) is 0.714. The molecule has 0 aromatic heterocycles. The molecule has 0 bridgehead atoms. The van der Waals surface area contributed by atoms with Crippen molar-refractivity contribution in [3.05, 3.63) is 0 Å². The average molecular weight is 279 g/mol. The SMILES string of the molecule is C#CCC(NC(=O)N1CCC(N2CCCC2)C1)C(=O)O. The Morgan fingerprint density at radius 2 is 2.05 bits per heavy atom. The Bertz CT molecular complexity index is 412. The number of hydrogen-bond donors (Lipinski definition) is 2. The average Bonchev–Trinajstić information content (AvgIpc) is 3.08. The molecule has 0 aromatic carbocycles. The number of terminal acetylenes is 1. The highest BCUT2D eigenvalue weighted by Crippen LogP contribution is 2.20. The van der Waals surface area contributed by atoms with E-state index in [0.29, 0.717) is 19.1 Å². The second kappa shape index (κ2) is 6.62. The molecular weight excluding hydrogens is 258 g/mol. The normalized spacial score (nSPS) is 24.4. The van der Waals surface area contributed by atoms with Crippen molar-refractivity contribution in [2.45, 2.75) is 37.8 Å². The lowest BCUT2D eigenvalue weighted by Gasteiger charge is -2.24. The summed E-state index contributed by atoms with van der Waals surface area (Å²) in [6.45, 7) is 3.56. The van der Waals surface area contributed by atoms with E-state index in [4.69, 9.17) is 11.5 Å². The number of amides is 2. The molecule has 2 rings (SSSR count). The Hall–Kier alpha value is -1.74. The van der Waals surface area contributed by atoms with E-state index in [9.17, 15) is 9.59 Å². The zero-order valence-corrected chi connectivity index (χ0v) is 11.5. The zero-order chi connectivity index (χ0) is 14.5. The van der Waals surface area contributed by atoms with Gasteiger partial charge < -0.3 is 15.3 Å². The van der Waals surface area contributed by atoms with E-state index in [1.807, 2.05) is 0 Å². The van der Waals surface area contributed by atoms with Crippen LogP contribution in [0.15, 0.2) is 0 Å². The molecule has 2 amide bonds. The van der Waals surface area contributed by atoms with Crippen molar-refractivity contribution >= 4 is 12.0 Å². The molecule has 2 aliphatic rings. The fourth-order valence-electron chi connectivity index (χ4n) is 2.89. The first-order chi connectivity index (χ1) is 9.61. The van der Waals surface area contributed by atoms with Crippen molar-refractivity contribution in [3.8, 4) is 12.3 Å². The van der Waals surface area contributed by atoms with Crippen LogP contribution >= 0.6 is 0 Å². The van der Waals surface area contributed by atoms with E-state index in [0.717, 1.165) is 19.5 Å². The maximum absolute atomic E-state index is 12.1. The third-order valence-electron chi connectivity index (χ3n) is 4.03. The first-order valence-electron chi connectivity index (χ1n) is 7.07. The first kappa shape index (κ1) is 14.7. The van der Waals surface area contributed by atoms with Crippen LogP contribution in [0.1, 0.15) is 25.7 Å².